The van der Waals surface area contributed by atoms with E-state index in [1.54, 1.807) is 0 Å². The quantitative estimate of drug-likeness (QED) is 0.874. The zero-order valence-electron chi connectivity index (χ0n) is 12.0. The summed E-state index contributed by atoms with van der Waals surface area (Å²) in [6.45, 7) is 6.09. The predicted octanol–water partition coefficient (Wildman–Crippen LogP) is 2.22. The van der Waals surface area contributed by atoms with Gasteiger partial charge in [0.1, 0.15) is 0 Å². The average Bonchev–Trinajstić information content (AvgIpc) is 3.11. The maximum absolute atomic E-state index is 12.0. The van der Waals surface area contributed by atoms with E-state index in [9.17, 15) is 9.00 Å². The standard InChI is InChI=1S/C13H20ClN3O2S/c1-13(2,3)20(19)7-6-15-12(18)11-9(14)10(16-17-11)8-4-5-8/h8H,4-7H2,1-3H3,(H,15,18)(H,16,17)/t20-/m0/s1. The Bertz CT molecular complexity index is 532. The lowest BCUT2D eigenvalue weighted by Gasteiger charge is -2.17. The number of halogens is 1. The van der Waals surface area contributed by atoms with E-state index in [0.717, 1.165) is 18.5 Å². The molecule has 0 unspecified atom stereocenters. The van der Waals surface area contributed by atoms with E-state index in [1.165, 1.54) is 0 Å². The first-order chi connectivity index (χ1) is 9.30. The van der Waals surface area contributed by atoms with Gasteiger partial charge in [-0.1, -0.05) is 11.6 Å². The molecule has 0 radical (unpaired) electrons. The van der Waals surface area contributed by atoms with Gasteiger partial charge in [-0.05, 0) is 33.6 Å². The molecule has 1 fully saturated rings. The molecule has 0 spiro atoms. The molecule has 20 heavy (non-hydrogen) atoms. The van der Waals surface area contributed by atoms with Gasteiger partial charge < -0.3 is 5.32 Å². The second kappa shape index (κ2) is 5.85. The summed E-state index contributed by atoms with van der Waals surface area (Å²) in [5, 5.41) is 9.95. The van der Waals surface area contributed by atoms with Crippen LogP contribution >= 0.6 is 11.6 Å². The van der Waals surface area contributed by atoms with E-state index in [4.69, 9.17) is 11.6 Å². The lowest BCUT2D eigenvalue weighted by molar-refractivity contribution is 0.0951. The van der Waals surface area contributed by atoms with Crippen LogP contribution in [0, 0.1) is 0 Å². The Morgan fingerprint density at radius 3 is 2.70 bits per heavy atom. The minimum absolute atomic E-state index is 0.232. The van der Waals surface area contributed by atoms with Gasteiger partial charge in [-0.15, -0.1) is 0 Å². The Morgan fingerprint density at radius 1 is 1.50 bits per heavy atom. The van der Waals surface area contributed by atoms with Crippen molar-refractivity contribution in [2.75, 3.05) is 12.3 Å². The molecule has 1 aliphatic rings. The van der Waals surface area contributed by atoms with Gasteiger partial charge in [0.2, 0.25) is 0 Å². The van der Waals surface area contributed by atoms with E-state index in [0.29, 0.717) is 23.2 Å². The zero-order chi connectivity index (χ0) is 14.9. The van der Waals surface area contributed by atoms with Crippen molar-refractivity contribution in [2.45, 2.75) is 44.3 Å². The Balaban J connectivity index is 1.88. The van der Waals surface area contributed by atoms with Crippen LogP contribution in [0.1, 0.15) is 55.7 Å². The van der Waals surface area contributed by atoms with Gasteiger partial charge in [-0.2, -0.15) is 5.10 Å². The lowest BCUT2D eigenvalue weighted by Crippen LogP contribution is -2.32. The molecule has 2 N–H and O–H groups in total. The number of carbonyl (C=O) groups is 1. The molecular weight excluding hydrogens is 298 g/mol. The first kappa shape index (κ1) is 15.5. The van der Waals surface area contributed by atoms with Crippen LogP contribution in [-0.2, 0) is 10.8 Å². The van der Waals surface area contributed by atoms with Gasteiger partial charge in [0.25, 0.3) is 5.91 Å². The van der Waals surface area contributed by atoms with Gasteiger partial charge >= 0.3 is 0 Å². The molecule has 0 aromatic carbocycles. The number of rotatable bonds is 5. The number of nitrogens with one attached hydrogen (secondary N) is 2. The van der Waals surface area contributed by atoms with Crippen LogP contribution in [0.15, 0.2) is 0 Å². The number of hydrogen-bond donors (Lipinski definition) is 2. The van der Waals surface area contributed by atoms with Gasteiger partial charge in [-0.25, -0.2) is 0 Å². The minimum atomic E-state index is -0.984. The summed E-state index contributed by atoms with van der Waals surface area (Å²) in [7, 11) is -0.984. The first-order valence-electron chi connectivity index (χ1n) is 6.71. The van der Waals surface area contributed by atoms with Crippen LogP contribution in [0.5, 0.6) is 0 Å². The highest BCUT2D eigenvalue weighted by Gasteiger charge is 2.30. The third kappa shape index (κ3) is 3.61. The number of H-pyrrole nitrogens is 1. The molecule has 0 saturated heterocycles. The van der Waals surface area contributed by atoms with Crippen LogP contribution in [0.3, 0.4) is 0 Å². The number of aromatic nitrogens is 2. The summed E-state index contributed by atoms with van der Waals surface area (Å²) in [4.78, 5) is 12.0. The average molecular weight is 318 g/mol. The van der Waals surface area contributed by atoms with Crippen molar-refractivity contribution in [1.82, 2.24) is 15.5 Å². The summed E-state index contributed by atoms with van der Waals surface area (Å²) < 4.78 is 11.6. The van der Waals surface area contributed by atoms with Gasteiger partial charge in [0, 0.05) is 33.8 Å². The van der Waals surface area contributed by atoms with Crippen LogP contribution in [0.4, 0.5) is 0 Å². The molecule has 1 saturated carbocycles. The number of hydrogen-bond acceptors (Lipinski definition) is 3. The van der Waals surface area contributed by atoms with E-state index < -0.39 is 10.8 Å². The van der Waals surface area contributed by atoms with Crippen LogP contribution in [-0.4, -0.2) is 37.4 Å². The Hall–Kier alpha value is -0.880. The molecule has 1 atom stereocenters. The fraction of sp³-hybridized carbons (Fsp3) is 0.692. The summed E-state index contributed by atoms with van der Waals surface area (Å²) in [5.41, 5.74) is 1.09. The van der Waals surface area contributed by atoms with E-state index in [-0.39, 0.29) is 16.3 Å². The topological polar surface area (TPSA) is 74.8 Å². The van der Waals surface area contributed by atoms with Crippen LogP contribution in [0.25, 0.3) is 0 Å². The van der Waals surface area contributed by atoms with E-state index in [1.807, 2.05) is 20.8 Å². The molecule has 0 bridgehead atoms. The van der Waals surface area contributed by atoms with Crippen molar-refractivity contribution in [3.05, 3.63) is 16.4 Å². The SMILES string of the molecule is CC(C)(C)[S@@](=O)CCNC(=O)c1n[nH]c(C2CC2)c1Cl. The van der Waals surface area contributed by atoms with Crippen molar-refractivity contribution in [3.8, 4) is 0 Å². The van der Waals surface area contributed by atoms with Crippen LogP contribution in [0.2, 0.25) is 5.02 Å². The van der Waals surface area contributed by atoms with Gasteiger partial charge in [-0.3, -0.25) is 14.1 Å². The highest BCUT2D eigenvalue weighted by molar-refractivity contribution is 7.86. The van der Waals surface area contributed by atoms with Crippen molar-refractivity contribution < 1.29 is 9.00 Å². The molecule has 112 valence electrons. The molecule has 1 amide bonds. The fourth-order valence-electron chi connectivity index (χ4n) is 1.78. The normalized spacial score (nSPS) is 17.0. The largest absolute Gasteiger partial charge is 0.350 e. The summed E-state index contributed by atoms with van der Waals surface area (Å²) >= 11 is 6.15. The number of aromatic amines is 1. The first-order valence-corrected chi connectivity index (χ1v) is 8.41. The Kier molecular flexibility index (Phi) is 4.54. The maximum Gasteiger partial charge on any atom is 0.273 e. The monoisotopic (exact) mass is 317 g/mol. The molecule has 1 aromatic heterocycles. The summed E-state index contributed by atoms with van der Waals surface area (Å²) in [5.74, 6) is 0.529. The fourth-order valence-corrected chi connectivity index (χ4v) is 3.01. The van der Waals surface area contributed by atoms with Crippen LogP contribution < -0.4 is 5.32 Å². The highest BCUT2D eigenvalue weighted by atomic mass is 35.5. The van der Waals surface area contributed by atoms with Crippen molar-refractivity contribution in [3.63, 3.8) is 0 Å². The number of carbonyl (C=O) groups excluding carboxylic acids is 1. The maximum atomic E-state index is 12.0. The van der Waals surface area contributed by atoms with E-state index in [2.05, 4.69) is 15.5 Å². The molecule has 5 nitrogen and oxygen atoms in total. The van der Waals surface area contributed by atoms with E-state index >= 15 is 0 Å². The molecular formula is C13H20ClN3O2S. The smallest absolute Gasteiger partial charge is 0.273 e. The van der Waals surface area contributed by atoms with Crippen molar-refractivity contribution >= 4 is 28.3 Å². The highest BCUT2D eigenvalue weighted by Crippen LogP contribution is 2.42. The molecule has 1 aromatic rings. The third-order valence-corrected chi connectivity index (χ3v) is 5.51. The predicted molar refractivity (Wildman–Crippen MR) is 80.7 cm³/mol. The number of nitrogens with zero attached hydrogens (tertiary/aromatic N) is 1. The minimum Gasteiger partial charge on any atom is -0.350 e. The number of amides is 1. The van der Waals surface area contributed by atoms with Gasteiger partial charge in [0.15, 0.2) is 5.69 Å². The second-order valence-electron chi connectivity index (χ2n) is 5.99. The molecule has 0 aliphatic heterocycles. The molecule has 1 aliphatic carbocycles. The molecule has 7 heteroatoms. The lowest BCUT2D eigenvalue weighted by atomic mass is 10.2. The van der Waals surface area contributed by atoms with Gasteiger partial charge in [0.05, 0.1) is 10.7 Å². The Labute approximate surface area is 126 Å². The summed E-state index contributed by atoms with van der Waals surface area (Å²) in [6.07, 6.45) is 2.18. The third-order valence-electron chi connectivity index (χ3n) is 3.19. The van der Waals surface area contributed by atoms with Crippen molar-refractivity contribution in [1.29, 1.82) is 0 Å². The molecule has 1 heterocycles. The molecule has 2 rings (SSSR count). The summed E-state index contributed by atoms with van der Waals surface area (Å²) in [6, 6.07) is 0. The van der Waals surface area contributed by atoms with Crippen molar-refractivity contribution in [2.24, 2.45) is 0 Å². The Morgan fingerprint density at radius 2 is 2.15 bits per heavy atom. The zero-order valence-corrected chi connectivity index (χ0v) is 13.5. The second-order valence-corrected chi connectivity index (χ2v) is 8.69.